The molecule has 0 aromatic heterocycles. The zero-order valence-corrected chi connectivity index (χ0v) is 10.3. The van der Waals surface area contributed by atoms with Crippen LogP contribution in [0.5, 0.6) is 0 Å². The maximum Gasteiger partial charge on any atom is 0.306 e. The predicted octanol–water partition coefficient (Wildman–Crippen LogP) is 0.363. The molecule has 5 N–H and O–H groups in total. The molecule has 0 aliphatic rings. The molecule has 1 aromatic carbocycles. The largest absolute Gasteiger partial charge is 0.481 e. The summed E-state index contributed by atoms with van der Waals surface area (Å²) in [6, 6.07) is 3.59. The van der Waals surface area contributed by atoms with E-state index in [9.17, 15) is 19.1 Å². The van der Waals surface area contributed by atoms with Gasteiger partial charge >= 0.3 is 5.97 Å². The number of aliphatic hydroxyl groups is 1. The first-order valence-corrected chi connectivity index (χ1v) is 5.49. The first-order chi connectivity index (χ1) is 8.71. The molecule has 0 radical (unpaired) electrons. The summed E-state index contributed by atoms with van der Waals surface area (Å²) in [5.74, 6) is -2.73. The Morgan fingerprint density at radius 3 is 2.63 bits per heavy atom. The number of aliphatic carboxylic acids is 1. The number of halogens is 1. The van der Waals surface area contributed by atoms with Gasteiger partial charge in [-0.1, -0.05) is 0 Å². The van der Waals surface area contributed by atoms with Gasteiger partial charge in [0.25, 0.3) is 5.91 Å². The van der Waals surface area contributed by atoms with E-state index in [4.69, 9.17) is 10.8 Å². The number of carboxylic acids is 1. The fourth-order valence-electron chi connectivity index (χ4n) is 1.47. The molecule has 0 spiro atoms. The molecule has 104 valence electrons. The number of benzene rings is 1. The van der Waals surface area contributed by atoms with Gasteiger partial charge in [-0.2, -0.15) is 0 Å². The maximum absolute atomic E-state index is 13.4. The number of anilines is 1. The highest BCUT2D eigenvalue weighted by molar-refractivity contribution is 5.94. The molecule has 6 nitrogen and oxygen atoms in total. The average molecular weight is 270 g/mol. The number of hydrogen-bond donors (Lipinski definition) is 4. The molecule has 0 bridgehead atoms. The highest BCUT2D eigenvalue weighted by Gasteiger charge is 2.25. The quantitative estimate of drug-likeness (QED) is 0.577. The number of carbonyl (C=O) groups excluding carboxylic acids is 1. The van der Waals surface area contributed by atoms with Crippen LogP contribution in [0.2, 0.25) is 0 Å². The Kier molecular flexibility index (Phi) is 4.44. The summed E-state index contributed by atoms with van der Waals surface area (Å²) in [5, 5.41) is 20.5. The molecule has 19 heavy (non-hydrogen) atoms. The summed E-state index contributed by atoms with van der Waals surface area (Å²) >= 11 is 0. The normalized spacial score (nSPS) is 13.6. The standard InChI is InChI=1S/C12H15FN2O4/c1-12(19,5-10(16)17)6-15-11(18)8-3-2-7(14)4-9(8)13/h2-4,19H,5-6,14H2,1H3,(H,15,18)(H,16,17). The van der Waals surface area contributed by atoms with Crippen LogP contribution in [-0.4, -0.2) is 34.2 Å². The molecule has 0 fully saturated rings. The first-order valence-electron chi connectivity index (χ1n) is 5.49. The van der Waals surface area contributed by atoms with E-state index in [0.717, 1.165) is 6.07 Å². The van der Waals surface area contributed by atoms with Gasteiger partial charge in [-0.25, -0.2) is 4.39 Å². The topological polar surface area (TPSA) is 113 Å². The number of carbonyl (C=O) groups is 2. The lowest BCUT2D eigenvalue weighted by Gasteiger charge is -2.21. The van der Waals surface area contributed by atoms with E-state index in [1.807, 2.05) is 0 Å². The Labute approximate surface area is 109 Å². The maximum atomic E-state index is 13.4. The van der Waals surface area contributed by atoms with Crippen molar-refractivity contribution in [2.24, 2.45) is 0 Å². The van der Waals surface area contributed by atoms with Crippen molar-refractivity contribution in [3.05, 3.63) is 29.6 Å². The van der Waals surface area contributed by atoms with Gasteiger partial charge in [-0.3, -0.25) is 9.59 Å². The van der Waals surface area contributed by atoms with Crippen molar-refractivity contribution in [1.82, 2.24) is 5.32 Å². The molecule has 0 heterocycles. The fraction of sp³-hybridized carbons (Fsp3) is 0.333. The Morgan fingerprint density at radius 2 is 2.11 bits per heavy atom. The summed E-state index contributed by atoms with van der Waals surface area (Å²) in [4.78, 5) is 22.1. The van der Waals surface area contributed by atoms with Crippen molar-refractivity contribution in [2.75, 3.05) is 12.3 Å². The Hall–Kier alpha value is -2.15. The van der Waals surface area contributed by atoms with Crippen molar-refractivity contribution in [1.29, 1.82) is 0 Å². The number of rotatable bonds is 5. The van der Waals surface area contributed by atoms with E-state index in [-0.39, 0.29) is 17.8 Å². The zero-order valence-electron chi connectivity index (χ0n) is 10.3. The number of amides is 1. The highest BCUT2D eigenvalue weighted by atomic mass is 19.1. The summed E-state index contributed by atoms with van der Waals surface area (Å²) in [5.41, 5.74) is 3.71. The van der Waals surface area contributed by atoms with Crippen LogP contribution in [0.1, 0.15) is 23.7 Å². The van der Waals surface area contributed by atoms with Crippen molar-refractivity contribution in [3.8, 4) is 0 Å². The van der Waals surface area contributed by atoms with E-state index < -0.39 is 29.7 Å². The molecule has 1 unspecified atom stereocenters. The lowest BCUT2D eigenvalue weighted by atomic mass is 10.0. The third-order valence-electron chi connectivity index (χ3n) is 2.40. The van der Waals surface area contributed by atoms with Gasteiger partial charge in [0.15, 0.2) is 0 Å². The van der Waals surface area contributed by atoms with Crippen LogP contribution in [-0.2, 0) is 4.79 Å². The van der Waals surface area contributed by atoms with Crippen LogP contribution in [0.4, 0.5) is 10.1 Å². The molecule has 1 rings (SSSR count). The van der Waals surface area contributed by atoms with Crippen LogP contribution in [0.15, 0.2) is 18.2 Å². The van der Waals surface area contributed by atoms with Gasteiger partial charge in [-0.05, 0) is 25.1 Å². The van der Waals surface area contributed by atoms with Crippen LogP contribution < -0.4 is 11.1 Å². The monoisotopic (exact) mass is 270 g/mol. The van der Waals surface area contributed by atoms with Crippen molar-refractivity contribution >= 4 is 17.6 Å². The number of hydrogen-bond acceptors (Lipinski definition) is 4. The summed E-state index contributed by atoms with van der Waals surface area (Å²) in [6.07, 6.45) is -0.530. The third-order valence-corrected chi connectivity index (χ3v) is 2.40. The summed E-state index contributed by atoms with van der Waals surface area (Å²) in [7, 11) is 0. The van der Waals surface area contributed by atoms with Crippen LogP contribution in [0.3, 0.4) is 0 Å². The second-order valence-corrected chi connectivity index (χ2v) is 4.49. The minimum absolute atomic E-state index is 0.187. The number of nitrogens with one attached hydrogen (secondary N) is 1. The molecule has 1 aromatic rings. The smallest absolute Gasteiger partial charge is 0.306 e. The molecule has 0 aliphatic heterocycles. The van der Waals surface area contributed by atoms with Gasteiger partial charge < -0.3 is 21.3 Å². The Balaban J connectivity index is 2.68. The van der Waals surface area contributed by atoms with Crippen LogP contribution >= 0.6 is 0 Å². The lowest BCUT2D eigenvalue weighted by Crippen LogP contribution is -2.42. The van der Waals surface area contributed by atoms with E-state index >= 15 is 0 Å². The molecular weight excluding hydrogens is 255 g/mol. The zero-order chi connectivity index (χ0) is 14.6. The van der Waals surface area contributed by atoms with Crippen molar-refractivity contribution in [2.45, 2.75) is 18.9 Å². The second-order valence-electron chi connectivity index (χ2n) is 4.49. The van der Waals surface area contributed by atoms with Crippen molar-refractivity contribution in [3.63, 3.8) is 0 Å². The molecular formula is C12H15FN2O4. The molecule has 7 heteroatoms. The molecule has 1 amide bonds. The Morgan fingerprint density at radius 1 is 1.47 bits per heavy atom. The SMILES string of the molecule is CC(O)(CNC(=O)c1ccc(N)cc1F)CC(=O)O. The van der Waals surface area contributed by atoms with E-state index in [0.29, 0.717) is 0 Å². The lowest BCUT2D eigenvalue weighted by molar-refractivity contribution is -0.141. The minimum atomic E-state index is -1.61. The van der Waals surface area contributed by atoms with Gasteiger partial charge in [0, 0.05) is 12.2 Å². The van der Waals surface area contributed by atoms with E-state index in [1.165, 1.54) is 19.1 Å². The minimum Gasteiger partial charge on any atom is -0.481 e. The van der Waals surface area contributed by atoms with Crippen molar-refractivity contribution < 1.29 is 24.2 Å². The Bertz CT molecular complexity index is 503. The molecule has 0 saturated heterocycles. The summed E-state index contributed by atoms with van der Waals surface area (Å²) in [6.45, 7) is 0.961. The van der Waals surface area contributed by atoms with Gasteiger partial charge in [0.05, 0.1) is 17.6 Å². The predicted molar refractivity (Wildman–Crippen MR) is 66.0 cm³/mol. The average Bonchev–Trinajstić information content (AvgIpc) is 2.24. The van der Waals surface area contributed by atoms with E-state index in [2.05, 4.69) is 5.32 Å². The van der Waals surface area contributed by atoms with Crippen LogP contribution in [0.25, 0.3) is 0 Å². The highest BCUT2D eigenvalue weighted by Crippen LogP contribution is 2.13. The van der Waals surface area contributed by atoms with Gasteiger partial charge in [0.2, 0.25) is 0 Å². The van der Waals surface area contributed by atoms with E-state index in [1.54, 1.807) is 0 Å². The second kappa shape index (κ2) is 5.66. The van der Waals surface area contributed by atoms with Crippen LogP contribution in [0, 0.1) is 5.82 Å². The molecule has 0 saturated carbocycles. The molecule has 1 atom stereocenters. The van der Waals surface area contributed by atoms with Gasteiger partial charge in [-0.15, -0.1) is 0 Å². The fourth-order valence-corrected chi connectivity index (χ4v) is 1.47. The number of carboxylic acid groups (broad SMARTS) is 1. The number of nitrogens with two attached hydrogens (primary N) is 1. The number of nitrogen functional groups attached to an aromatic ring is 1. The first kappa shape index (κ1) is 14.9. The molecule has 0 aliphatic carbocycles. The summed E-state index contributed by atoms with van der Waals surface area (Å²) < 4.78 is 13.4. The van der Waals surface area contributed by atoms with Gasteiger partial charge in [0.1, 0.15) is 5.82 Å². The third kappa shape index (κ3) is 4.55.